The molecule has 21 heavy (non-hydrogen) atoms. The number of hydrogen-bond acceptors (Lipinski definition) is 4. The largest absolute Gasteiger partial charge is 0.493 e. The molecule has 1 atom stereocenters. The normalized spacial score (nSPS) is 12.9. The van der Waals surface area contributed by atoms with E-state index < -0.39 is 0 Å². The Balaban J connectivity index is 2.47. The number of furan rings is 1. The highest BCUT2D eigenvalue weighted by molar-refractivity contribution is 9.10. The highest BCUT2D eigenvalue weighted by Gasteiger charge is 2.26. The van der Waals surface area contributed by atoms with Crippen molar-refractivity contribution in [2.75, 3.05) is 13.7 Å². The minimum atomic E-state index is -0.0869. The summed E-state index contributed by atoms with van der Waals surface area (Å²) in [6.07, 6.45) is 2.80. The number of nitrogens with one attached hydrogen (secondary N) is 1. The summed E-state index contributed by atoms with van der Waals surface area (Å²) < 4.78 is 13.9. The van der Waals surface area contributed by atoms with Crippen molar-refractivity contribution in [3.05, 3.63) is 34.5 Å². The van der Waals surface area contributed by atoms with Crippen molar-refractivity contribution in [2.24, 2.45) is 0 Å². The Morgan fingerprint density at radius 3 is 2.71 bits per heavy atom. The van der Waals surface area contributed by atoms with Gasteiger partial charge in [0.05, 0.1) is 13.3 Å². The summed E-state index contributed by atoms with van der Waals surface area (Å²) >= 11 is 3.37. The van der Waals surface area contributed by atoms with Gasteiger partial charge in [0.15, 0.2) is 10.4 Å². The van der Waals surface area contributed by atoms with Crippen molar-refractivity contribution in [3.63, 3.8) is 0 Å². The van der Waals surface area contributed by atoms with Crippen molar-refractivity contribution < 1.29 is 9.15 Å². The van der Waals surface area contributed by atoms with Crippen molar-refractivity contribution in [3.8, 4) is 5.75 Å². The van der Waals surface area contributed by atoms with Crippen LogP contribution in [-0.2, 0) is 0 Å². The van der Waals surface area contributed by atoms with Crippen LogP contribution in [0.2, 0.25) is 0 Å². The summed E-state index contributed by atoms with van der Waals surface area (Å²) in [5, 5.41) is 7.96. The number of ether oxygens (including phenoxy) is 1. The number of methoxy groups -OCH3 is 1. The second-order valence-corrected chi connectivity index (χ2v) is 5.95. The molecule has 0 amide bonds. The molecule has 0 bridgehead atoms. The first kappa shape index (κ1) is 16.1. The molecule has 2 aromatic heterocycles. The molecule has 0 fully saturated rings. The molecule has 0 radical (unpaired) electrons. The Morgan fingerprint density at radius 2 is 2.19 bits per heavy atom. The van der Waals surface area contributed by atoms with Crippen molar-refractivity contribution in [1.29, 1.82) is 0 Å². The summed E-state index contributed by atoms with van der Waals surface area (Å²) in [7, 11) is 1.67. The quantitative estimate of drug-likeness (QED) is 0.817. The Hall–Kier alpha value is -1.27. The van der Waals surface area contributed by atoms with Gasteiger partial charge in [0.2, 0.25) is 0 Å². The molecule has 116 valence electrons. The number of halogens is 1. The number of nitrogens with zero attached hydrogens (tertiary/aromatic N) is 2. The molecule has 1 N–H and O–H groups in total. The van der Waals surface area contributed by atoms with E-state index >= 15 is 0 Å². The van der Waals surface area contributed by atoms with E-state index in [1.54, 1.807) is 13.3 Å². The first-order valence-corrected chi connectivity index (χ1v) is 7.97. The summed E-state index contributed by atoms with van der Waals surface area (Å²) in [5.41, 5.74) is 0.989. The topological polar surface area (TPSA) is 52.2 Å². The van der Waals surface area contributed by atoms with Gasteiger partial charge in [-0.1, -0.05) is 6.92 Å². The van der Waals surface area contributed by atoms with Crippen molar-refractivity contribution >= 4 is 15.9 Å². The lowest BCUT2D eigenvalue weighted by Crippen LogP contribution is -2.26. The first-order chi connectivity index (χ1) is 10.1. The Labute approximate surface area is 133 Å². The van der Waals surface area contributed by atoms with E-state index in [4.69, 9.17) is 9.15 Å². The van der Waals surface area contributed by atoms with Gasteiger partial charge in [-0.2, -0.15) is 5.10 Å². The van der Waals surface area contributed by atoms with Crippen LogP contribution in [-0.4, -0.2) is 23.4 Å². The third kappa shape index (κ3) is 3.49. The van der Waals surface area contributed by atoms with E-state index in [1.807, 2.05) is 16.8 Å². The maximum absolute atomic E-state index is 5.76. The lowest BCUT2D eigenvalue weighted by molar-refractivity contribution is 0.371. The molecule has 0 saturated carbocycles. The fourth-order valence-corrected chi connectivity index (χ4v) is 2.62. The lowest BCUT2D eigenvalue weighted by atomic mass is 10.1. The van der Waals surface area contributed by atoms with E-state index in [-0.39, 0.29) is 12.1 Å². The predicted octanol–water partition coefficient (Wildman–Crippen LogP) is 3.92. The molecule has 5 nitrogen and oxygen atoms in total. The van der Waals surface area contributed by atoms with Gasteiger partial charge in [0, 0.05) is 6.04 Å². The van der Waals surface area contributed by atoms with Gasteiger partial charge in [0.25, 0.3) is 0 Å². The fraction of sp³-hybridized carbons (Fsp3) is 0.533. The monoisotopic (exact) mass is 355 g/mol. The molecule has 0 aromatic carbocycles. The van der Waals surface area contributed by atoms with Crippen LogP contribution in [0.25, 0.3) is 0 Å². The zero-order valence-corrected chi connectivity index (χ0v) is 14.5. The molecule has 6 heteroatoms. The molecule has 2 aromatic rings. The van der Waals surface area contributed by atoms with Gasteiger partial charge in [-0.3, -0.25) is 4.68 Å². The van der Waals surface area contributed by atoms with Crippen LogP contribution in [0.1, 0.15) is 50.7 Å². The van der Waals surface area contributed by atoms with E-state index in [0.717, 1.165) is 34.8 Å². The molecule has 0 aliphatic carbocycles. The Morgan fingerprint density at radius 1 is 1.43 bits per heavy atom. The molecule has 0 saturated heterocycles. The maximum Gasteiger partial charge on any atom is 0.169 e. The average molecular weight is 356 g/mol. The van der Waals surface area contributed by atoms with Gasteiger partial charge >= 0.3 is 0 Å². The predicted molar refractivity (Wildman–Crippen MR) is 85.7 cm³/mol. The van der Waals surface area contributed by atoms with E-state index in [9.17, 15) is 0 Å². The number of aromatic nitrogens is 2. The SMILES string of the molecule is CCCNC(c1ccc(Br)o1)c1c(OC)cnn1C(C)C. The highest BCUT2D eigenvalue weighted by Crippen LogP contribution is 2.33. The Bertz CT molecular complexity index is 577. The molecule has 2 rings (SSSR count). The van der Waals surface area contributed by atoms with Crippen LogP contribution in [0.3, 0.4) is 0 Å². The standard InChI is InChI=1S/C15H22BrN3O2/c1-5-8-17-14(11-6-7-13(16)21-11)15-12(20-4)9-18-19(15)10(2)3/h6-7,9-10,14,17H,5,8H2,1-4H3. The van der Waals surface area contributed by atoms with E-state index in [2.05, 4.69) is 47.1 Å². The molecule has 1 unspecified atom stereocenters. The first-order valence-electron chi connectivity index (χ1n) is 7.18. The second kappa shape index (κ2) is 7.13. The molecular weight excluding hydrogens is 334 g/mol. The van der Waals surface area contributed by atoms with Gasteiger partial charge in [-0.05, 0) is 54.9 Å². The van der Waals surface area contributed by atoms with Crippen LogP contribution in [0.5, 0.6) is 5.75 Å². The zero-order chi connectivity index (χ0) is 15.4. The minimum Gasteiger partial charge on any atom is -0.493 e. The number of rotatable bonds is 7. The van der Waals surface area contributed by atoms with Gasteiger partial charge in [-0.25, -0.2) is 0 Å². The van der Waals surface area contributed by atoms with Crippen LogP contribution in [0, 0.1) is 0 Å². The second-order valence-electron chi connectivity index (χ2n) is 5.17. The lowest BCUT2D eigenvalue weighted by Gasteiger charge is -2.21. The van der Waals surface area contributed by atoms with Crippen LogP contribution < -0.4 is 10.1 Å². The molecule has 0 spiro atoms. The summed E-state index contributed by atoms with van der Waals surface area (Å²) in [5.74, 6) is 1.61. The van der Waals surface area contributed by atoms with E-state index in [1.165, 1.54) is 0 Å². The third-order valence-corrected chi connectivity index (χ3v) is 3.68. The highest BCUT2D eigenvalue weighted by atomic mass is 79.9. The number of hydrogen-bond donors (Lipinski definition) is 1. The third-order valence-electron chi connectivity index (χ3n) is 3.26. The van der Waals surface area contributed by atoms with Crippen LogP contribution in [0.15, 0.2) is 27.4 Å². The van der Waals surface area contributed by atoms with Crippen molar-refractivity contribution in [2.45, 2.75) is 39.3 Å². The maximum atomic E-state index is 5.76. The van der Waals surface area contributed by atoms with E-state index in [0.29, 0.717) is 0 Å². The molecule has 0 aliphatic heterocycles. The van der Waals surface area contributed by atoms with Gasteiger partial charge in [0.1, 0.15) is 17.5 Å². The molecule has 0 aliphatic rings. The fourth-order valence-electron chi connectivity index (χ4n) is 2.30. The zero-order valence-electron chi connectivity index (χ0n) is 12.9. The summed E-state index contributed by atoms with van der Waals surface area (Å²) in [6, 6.07) is 4.02. The smallest absolute Gasteiger partial charge is 0.169 e. The van der Waals surface area contributed by atoms with Crippen molar-refractivity contribution in [1.82, 2.24) is 15.1 Å². The summed E-state index contributed by atoms with van der Waals surface area (Å²) in [6.45, 7) is 7.23. The Kier molecular flexibility index (Phi) is 5.47. The van der Waals surface area contributed by atoms with Gasteiger partial charge in [-0.15, -0.1) is 0 Å². The van der Waals surface area contributed by atoms with Crippen LogP contribution >= 0.6 is 15.9 Å². The minimum absolute atomic E-state index is 0.0869. The molecule has 2 heterocycles. The summed E-state index contributed by atoms with van der Waals surface area (Å²) in [4.78, 5) is 0. The molecular formula is C15H22BrN3O2. The van der Waals surface area contributed by atoms with Crippen LogP contribution in [0.4, 0.5) is 0 Å². The average Bonchev–Trinajstić information content (AvgIpc) is 3.06. The van der Waals surface area contributed by atoms with Gasteiger partial charge < -0.3 is 14.5 Å².